The molecule has 0 amide bonds. The summed E-state index contributed by atoms with van der Waals surface area (Å²) >= 11 is 0. The Balaban J connectivity index is 1.94. The zero-order chi connectivity index (χ0) is 14.4. The lowest BCUT2D eigenvalue weighted by Gasteiger charge is -2.08. The van der Waals surface area contributed by atoms with E-state index in [1.165, 1.54) is 12.7 Å². The third-order valence-electron chi connectivity index (χ3n) is 2.66. The van der Waals surface area contributed by atoms with Gasteiger partial charge in [0.1, 0.15) is 17.2 Å². The van der Waals surface area contributed by atoms with Crippen molar-refractivity contribution in [1.29, 1.82) is 0 Å². The molecule has 0 fully saturated rings. The van der Waals surface area contributed by atoms with Crippen molar-refractivity contribution in [2.45, 2.75) is 6.92 Å². The predicted molar refractivity (Wildman–Crippen MR) is 75.2 cm³/mol. The first-order chi connectivity index (χ1) is 9.67. The van der Waals surface area contributed by atoms with Crippen molar-refractivity contribution in [3.05, 3.63) is 54.1 Å². The zero-order valence-corrected chi connectivity index (χ0v) is 11.5. The molecule has 0 aromatic heterocycles. The maximum absolute atomic E-state index is 10.9. The summed E-state index contributed by atoms with van der Waals surface area (Å²) in [5.41, 5.74) is 1.18. The quantitative estimate of drug-likeness (QED) is 0.783. The largest absolute Gasteiger partial charge is 0.482 e. The molecule has 0 saturated heterocycles. The number of hydrogen-bond acceptors (Lipinski definition) is 4. The molecule has 0 N–H and O–H groups in total. The number of carbonyl (C=O) groups is 1. The molecule has 4 nitrogen and oxygen atoms in total. The highest BCUT2D eigenvalue weighted by molar-refractivity contribution is 5.70. The normalized spacial score (nSPS) is 9.90. The van der Waals surface area contributed by atoms with E-state index in [1.807, 2.05) is 31.2 Å². The van der Waals surface area contributed by atoms with Gasteiger partial charge in [-0.15, -0.1) is 0 Å². The SMILES string of the molecule is COC(=O)COc1ccc(Oc2ccc(C)cc2)cc1. The number of ether oxygens (including phenoxy) is 3. The van der Waals surface area contributed by atoms with E-state index in [4.69, 9.17) is 9.47 Å². The molecule has 0 atom stereocenters. The molecule has 4 heteroatoms. The van der Waals surface area contributed by atoms with Crippen LogP contribution in [0.3, 0.4) is 0 Å². The summed E-state index contributed by atoms with van der Waals surface area (Å²) in [5.74, 6) is 1.66. The monoisotopic (exact) mass is 272 g/mol. The molecule has 0 aliphatic rings. The lowest BCUT2D eigenvalue weighted by molar-refractivity contribution is -0.142. The van der Waals surface area contributed by atoms with E-state index in [-0.39, 0.29) is 6.61 Å². The number of rotatable bonds is 5. The molecular formula is C16H16O4. The van der Waals surface area contributed by atoms with Crippen LogP contribution < -0.4 is 9.47 Å². The van der Waals surface area contributed by atoms with Gasteiger partial charge in [-0.3, -0.25) is 0 Å². The van der Waals surface area contributed by atoms with Gasteiger partial charge in [0.2, 0.25) is 0 Å². The van der Waals surface area contributed by atoms with E-state index in [9.17, 15) is 4.79 Å². The summed E-state index contributed by atoms with van der Waals surface area (Å²) in [6, 6.07) is 14.9. The molecule has 2 rings (SSSR count). The lowest BCUT2D eigenvalue weighted by atomic mass is 10.2. The van der Waals surface area contributed by atoms with E-state index in [1.54, 1.807) is 24.3 Å². The minimum absolute atomic E-state index is 0.103. The van der Waals surface area contributed by atoms with Crippen molar-refractivity contribution in [2.24, 2.45) is 0 Å². The van der Waals surface area contributed by atoms with Gasteiger partial charge in [-0.05, 0) is 43.3 Å². The number of carbonyl (C=O) groups excluding carboxylic acids is 1. The molecule has 0 bridgehead atoms. The fourth-order valence-electron chi connectivity index (χ4n) is 1.55. The van der Waals surface area contributed by atoms with Gasteiger partial charge in [-0.1, -0.05) is 17.7 Å². The highest BCUT2D eigenvalue weighted by Crippen LogP contribution is 2.24. The van der Waals surface area contributed by atoms with Crippen molar-refractivity contribution in [2.75, 3.05) is 13.7 Å². The molecule has 2 aromatic rings. The zero-order valence-electron chi connectivity index (χ0n) is 11.5. The molecule has 104 valence electrons. The summed E-state index contributed by atoms with van der Waals surface area (Å²) < 4.78 is 15.4. The Bertz CT molecular complexity index is 558. The summed E-state index contributed by atoms with van der Waals surface area (Å²) in [5, 5.41) is 0. The van der Waals surface area contributed by atoms with Crippen LogP contribution in [-0.4, -0.2) is 19.7 Å². The van der Waals surface area contributed by atoms with Gasteiger partial charge in [0.05, 0.1) is 7.11 Å². The van der Waals surface area contributed by atoms with Gasteiger partial charge in [0.25, 0.3) is 0 Å². The topological polar surface area (TPSA) is 44.8 Å². The smallest absolute Gasteiger partial charge is 0.343 e. The maximum atomic E-state index is 10.9. The summed E-state index contributed by atoms with van der Waals surface area (Å²) in [7, 11) is 1.32. The Morgan fingerprint density at radius 2 is 1.40 bits per heavy atom. The first-order valence-electron chi connectivity index (χ1n) is 6.21. The van der Waals surface area contributed by atoms with Crippen LogP contribution in [0.25, 0.3) is 0 Å². The minimum Gasteiger partial charge on any atom is -0.482 e. The average Bonchev–Trinajstić information content (AvgIpc) is 2.48. The first kappa shape index (κ1) is 13.9. The summed E-state index contributed by atoms with van der Waals surface area (Å²) in [6.45, 7) is 1.92. The minimum atomic E-state index is -0.412. The van der Waals surface area contributed by atoms with E-state index in [2.05, 4.69) is 4.74 Å². The predicted octanol–water partition coefficient (Wildman–Crippen LogP) is 3.34. The van der Waals surface area contributed by atoms with E-state index < -0.39 is 5.97 Å². The standard InChI is InChI=1S/C16H16O4/c1-12-3-5-14(6-4-12)20-15-9-7-13(8-10-15)19-11-16(17)18-2/h3-10H,11H2,1-2H3. The lowest BCUT2D eigenvalue weighted by Crippen LogP contribution is -2.12. The van der Waals surface area contributed by atoms with Crippen LogP contribution in [0.5, 0.6) is 17.2 Å². The van der Waals surface area contributed by atoms with Crippen molar-refractivity contribution in [3.63, 3.8) is 0 Å². The highest BCUT2D eigenvalue weighted by Gasteiger charge is 2.02. The van der Waals surface area contributed by atoms with Crippen molar-refractivity contribution in [3.8, 4) is 17.2 Å². The van der Waals surface area contributed by atoms with Gasteiger partial charge >= 0.3 is 5.97 Å². The maximum Gasteiger partial charge on any atom is 0.343 e. The van der Waals surface area contributed by atoms with E-state index in [0.29, 0.717) is 11.5 Å². The van der Waals surface area contributed by atoms with Gasteiger partial charge in [0, 0.05) is 0 Å². The molecule has 2 aromatic carbocycles. The molecule has 0 saturated carbocycles. The second-order valence-electron chi connectivity index (χ2n) is 4.25. The van der Waals surface area contributed by atoms with Crippen molar-refractivity contribution < 1.29 is 19.0 Å². The molecule has 20 heavy (non-hydrogen) atoms. The third kappa shape index (κ3) is 4.02. The van der Waals surface area contributed by atoms with Crippen LogP contribution in [0, 0.1) is 6.92 Å². The van der Waals surface area contributed by atoms with Crippen LogP contribution in [-0.2, 0) is 9.53 Å². The Labute approximate surface area is 117 Å². The number of aryl methyl sites for hydroxylation is 1. The van der Waals surface area contributed by atoms with Gasteiger partial charge in [-0.2, -0.15) is 0 Å². The second-order valence-corrected chi connectivity index (χ2v) is 4.25. The van der Waals surface area contributed by atoms with Crippen LogP contribution in [0.4, 0.5) is 0 Å². The van der Waals surface area contributed by atoms with Crippen molar-refractivity contribution >= 4 is 5.97 Å². The number of hydrogen-bond donors (Lipinski definition) is 0. The fraction of sp³-hybridized carbons (Fsp3) is 0.188. The van der Waals surface area contributed by atoms with E-state index in [0.717, 1.165) is 5.75 Å². The molecule has 0 radical (unpaired) electrons. The van der Waals surface area contributed by atoms with Crippen LogP contribution in [0.15, 0.2) is 48.5 Å². The van der Waals surface area contributed by atoms with Gasteiger partial charge < -0.3 is 14.2 Å². The Morgan fingerprint density at radius 1 is 0.900 bits per heavy atom. The van der Waals surface area contributed by atoms with Crippen LogP contribution >= 0.6 is 0 Å². The molecule has 0 aliphatic heterocycles. The summed E-state index contributed by atoms with van der Waals surface area (Å²) in [6.07, 6.45) is 0. The fourth-order valence-corrected chi connectivity index (χ4v) is 1.55. The Morgan fingerprint density at radius 3 is 1.95 bits per heavy atom. The Kier molecular flexibility index (Phi) is 4.60. The first-order valence-corrected chi connectivity index (χ1v) is 6.21. The number of benzene rings is 2. The van der Waals surface area contributed by atoms with Gasteiger partial charge in [-0.25, -0.2) is 4.79 Å². The number of methoxy groups -OCH3 is 1. The second kappa shape index (κ2) is 6.61. The molecule has 0 aliphatic carbocycles. The highest BCUT2D eigenvalue weighted by atomic mass is 16.6. The number of esters is 1. The molecule has 0 spiro atoms. The average molecular weight is 272 g/mol. The Hall–Kier alpha value is -2.49. The summed E-state index contributed by atoms with van der Waals surface area (Å²) in [4.78, 5) is 10.9. The van der Waals surface area contributed by atoms with Gasteiger partial charge in [0.15, 0.2) is 6.61 Å². The third-order valence-corrected chi connectivity index (χ3v) is 2.66. The van der Waals surface area contributed by atoms with Crippen LogP contribution in [0.1, 0.15) is 5.56 Å². The molecule has 0 heterocycles. The molecular weight excluding hydrogens is 256 g/mol. The molecule has 0 unspecified atom stereocenters. The van der Waals surface area contributed by atoms with Crippen molar-refractivity contribution in [1.82, 2.24) is 0 Å². The van der Waals surface area contributed by atoms with Crippen LogP contribution in [0.2, 0.25) is 0 Å². The van der Waals surface area contributed by atoms with E-state index >= 15 is 0 Å².